The highest BCUT2D eigenvalue weighted by Crippen LogP contribution is 2.38. The Hall–Kier alpha value is -5.61. The zero-order valence-corrected chi connectivity index (χ0v) is 26.2. The van der Waals surface area contributed by atoms with E-state index in [1.165, 1.54) is 11.1 Å². The third-order valence-corrected chi connectivity index (χ3v) is 7.89. The summed E-state index contributed by atoms with van der Waals surface area (Å²) in [6, 6.07) is 31.1. The number of aryl methyl sites for hydroxylation is 1. The van der Waals surface area contributed by atoms with Crippen LogP contribution in [0.2, 0.25) is 0 Å². The number of carboxylic acid groups (broad SMARTS) is 1. The van der Waals surface area contributed by atoms with Crippen LogP contribution < -0.4 is 25.7 Å². The first kappa shape index (κ1) is 31.4. The molecule has 2 aromatic heterocycles. The lowest BCUT2D eigenvalue weighted by Crippen LogP contribution is -2.22. The Morgan fingerprint density at radius 2 is 1.62 bits per heavy atom. The smallest absolute Gasteiger partial charge is 0.300 e. The zero-order valence-electron chi connectivity index (χ0n) is 26.2. The lowest BCUT2D eigenvalue weighted by Gasteiger charge is -2.26. The van der Waals surface area contributed by atoms with Crippen molar-refractivity contribution in [2.45, 2.75) is 33.0 Å². The van der Waals surface area contributed by atoms with Crippen molar-refractivity contribution in [2.75, 3.05) is 24.7 Å². The maximum Gasteiger partial charge on any atom is 0.300 e. The van der Waals surface area contributed by atoms with Crippen molar-refractivity contribution in [3.63, 3.8) is 0 Å². The Balaban J connectivity index is 0.000000915. The number of benzene rings is 4. The summed E-state index contributed by atoms with van der Waals surface area (Å²) in [5, 5.41) is 8.37. The monoisotopic (exact) mass is 631 g/mol. The molecule has 0 unspecified atom stereocenters. The Kier molecular flexibility index (Phi) is 9.49. The maximum atomic E-state index is 13.5. The second kappa shape index (κ2) is 14.2. The number of rotatable bonds is 9. The fourth-order valence-electron chi connectivity index (χ4n) is 5.80. The number of H-pyrrole nitrogens is 1. The first-order valence-electron chi connectivity index (χ1n) is 15.6. The van der Waals surface area contributed by atoms with E-state index in [0.717, 1.165) is 55.1 Å². The molecule has 0 spiro atoms. The van der Waals surface area contributed by atoms with Crippen molar-refractivity contribution in [3.8, 4) is 22.8 Å². The van der Waals surface area contributed by atoms with Crippen LogP contribution in [-0.4, -0.2) is 45.4 Å². The van der Waals surface area contributed by atoms with Crippen molar-refractivity contribution >= 4 is 33.6 Å². The van der Waals surface area contributed by atoms with Gasteiger partial charge in [0.25, 0.3) is 11.5 Å². The summed E-state index contributed by atoms with van der Waals surface area (Å²) in [4.78, 5) is 32.9. The van der Waals surface area contributed by atoms with Gasteiger partial charge in [-0.05, 0) is 54.4 Å². The van der Waals surface area contributed by atoms with E-state index in [2.05, 4.69) is 81.2 Å². The van der Waals surface area contributed by atoms with Crippen molar-refractivity contribution in [1.29, 1.82) is 0 Å². The Labute approximate surface area is 272 Å². The Morgan fingerprint density at radius 3 is 2.28 bits per heavy atom. The number of carboxylic acids is 1. The zero-order chi connectivity index (χ0) is 32.8. The van der Waals surface area contributed by atoms with Crippen LogP contribution in [0.25, 0.3) is 33.2 Å². The summed E-state index contributed by atoms with van der Waals surface area (Å²) in [6.45, 7) is 4.79. The molecule has 240 valence electrons. The number of hydrogen-bond acceptors (Lipinski definition) is 7. The van der Waals surface area contributed by atoms with Crippen LogP contribution in [0.5, 0.6) is 11.5 Å². The predicted octanol–water partition coefficient (Wildman–Crippen LogP) is 5.96. The summed E-state index contributed by atoms with van der Waals surface area (Å²) in [7, 11) is 0. The summed E-state index contributed by atoms with van der Waals surface area (Å²) in [5.41, 5.74) is 12.5. The molecule has 47 heavy (non-hydrogen) atoms. The molecule has 0 radical (unpaired) electrons. The lowest BCUT2D eigenvalue weighted by molar-refractivity contribution is -0.134. The van der Waals surface area contributed by atoms with Gasteiger partial charge in [-0.1, -0.05) is 60.7 Å². The van der Waals surface area contributed by atoms with Gasteiger partial charge < -0.3 is 34.8 Å². The molecule has 7 rings (SSSR count). The molecule has 6 aromatic rings. The van der Waals surface area contributed by atoms with E-state index in [9.17, 15) is 4.79 Å². The topological polar surface area (TPSA) is 136 Å². The molecule has 1 aliphatic rings. The van der Waals surface area contributed by atoms with Crippen LogP contribution >= 0.6 is 0 Å². The summed E-state index contributed by atoms with van der Waals surface area (Å²) >= 11 is 0. The van der Waals surface area contributed by atoms with Crippen LogP contribution in [0, 0.1) is 0 Å². The number of fused-ring (bicyclic) bond motifs is 4. The van der Waals surface area contributed by atoms with Gasteiger partial charge in [-0.25, -0.2) is 4.98 Å². The van der Waals surface area contributed by atoms with Gasteiger partial charge in [-0.3, -0.25) is 9.59 Å². The van der Waals surface area contributed by atoms with Gasteiger partial charge in [0, 0.05) is 54.9 Å². The largest absolute Gasteiger partial charge is 0.486 e. The van der Waals surface area contributed by atoms with E-state index in [-0.39, 0.29) is 5.56 Å². The predicted molar refractivity (Wildman–Crippen MR) is 184 cm³/mol. The van der Waals surface area contributed by atoms with Crippen molar-refractivity contribution < 1.29 is 19.4 Å². The number of anilines is 1. The molecule has 0 amide bonds. The van der Waals surface area contributed by atoms with Crippen LogP contribution in [0.3, 0.4) is 0 Å². The van der Waals surface area contributed by atoms with E-state index in [1.54, 1.807) is 0 Å². The summed E-state index contributed by atoms with van der Waals surface area (Å²) in [6.07, 6.45) is 2.85. The summed E-state index contributed by atoms with van der Waals surface area (Å²) < 4.78 is 13.9. The van der Waals surface area contributed by atoms with Crippen LogP contribution in [0.4, 0.5) is 5.69 Å². The highest BCUT2D eigenvalue weighted by atomic mass is 16.6. The molecule has 4 aromatic carbocycles. The van der Waals surface area contributed by atoms with E-state index in [1.807, 2.05) is 30.5 Å². The standard InChI is InChI=1S/C35H33N5O3.C2H4O2/c36-16-7-17-39-23-28(32-35(41)37-29-13-15-31-34(33(29)38-32)43-19-18-42-31)27-20-26(12-14-30(27)39)40(21-24-8-3-1-4-9-24)22-25-10-5-2-6-11-25;1-2(3)4/h1-6,8-15,20,23H,7,16-19,21-22,36H2,(H,37,41);1H3,(H,3,4). The Morgan fingerprint density at radius 1 is 0.957 bits per heavy atom. The molecule has 10 heteroatoms. The third-order valence-electron chi connectivity index (χ3n) is 7.89. The van der Waals surface area contributed by atoms with Crippen molar-refractivity contribution in [2.24, 2.45) is 5.73 Å². The van der Waals surface area contributed by atoms with E-state index in [0.29, 0.717) is 48.0 Å². The fourth-order valence-corrected chi connectivity index (χ4v) is 5.80. The molecule has 3 heterocycles. The number of aliphatic carboxylic acids is 1. The molecule has 0 saturated heterocycles. The average molecular weight is 632 g/mol. The quantitative estimate of drug-likeness (QED) is 0.178. The second-order valence-electron chi connectivity index (χ2n) is 11.3. The molecule has 0 bridgehead atoms. The first-order chi connectivity index (χ1) is 22.9. The minimum absolute atomic E-state index is 0.252. The molecule has 0 aliphatic carbocycles. The number of nitrogens with zero attached hydrogens (tertiary/aromatic N) is 3. The number of nitrogens with one attached hydrogen (secondary N) is 1. The highest BCUT2D eigenvalue weighted by Gasteiger charge is 2.21. The van der Waals surface area contributed by atoms with Gasteiger partial charge in [-0.2, -0.15) is 0 Å². The minimum atomic E-state index is -0.833. The van der Waals surface area contributed by atoms with E-state index in [4.69, 9.17) is 30.1 Å². The van der Waals surface area contributed by atoms with Crippen molar-refractivity contribution in [3.05, 3.63) is 119 Å². The number of hydrogen-bond donors (Lipinski definition) is 3. The normalized spacial score (nSPS) is 12.0. The van der Waals surface area contributed by atoms with E-state index < -0.39 is 5.97 Å². The van der Waals surface area contributed by atoms with Gasteiger partial charge in [0.2, 0.25) is 0 Å². The molecule has 0 fully saturated rings. The number of aromatic amines is 1. The second-order valence-corrected chi connectivity index (χ2v) is 11.3. The molecule has 1 aliphatic heterocycles. The lowest BCUT2D eigenvalue weighted by atomic mass is 10.1. The first-order valence-corrected chi connectivity index (χ1v) is 15.6. The minimum Gasteiger partial charge on any atom is -0.486 e. The molecule has 4 N–H and O–H groups in total. The van der Waals surface area contributed by atoms with Gasteiger partial charge in [0.15, 0.2) is 11.5 Å². The average Bonchev–Trinajstić information content (AvgIpc) is 3.44. The highest BCUT2D eigenvalue weighted by molar-refractivity contribution is 5.98. The molecular weight excluding hydrogens is 594 g/mol. The van der Waals surface area contributed by atoms with Crippen LogP contribution in [0.1, 0.15) is 24.5 Å². The van der Waals surface area contributed by atoms with Gasteiger partial charge in [-0.15, -0.1) is 0 Å². The van der Waals surface area contributed by atoms with Gasteiger partial charge >= 0.3 is 0 Å². The number of carbonyl (C=O) groups is 1. The molecular formula is C37H37N5O5. The van der Waals surface area contributed by atoms with Crippen molar-refractivity contribution in [1.82, 2.24) is 14.5 Å². The fraction of sp³-hybridized carbons (Fsp3) is 0.216. The third kappa shape index (κ3) is 7.13. The molecule has 0 saturated carbocycles. The van der Waals surface area contributed by atoms with Crippen LogP contribution in [-0.2, 0) is 24.4 Å². The molecule has 10 nitrogen and oxygen atoms in total. The SMILES string of the molecule is CC(=O)O.NCCCn1cc(-c2nc3c4c(ccc3[nH]c2=O)OCCO4)c2cc(N(Cc3ccccc3)Cc3ccccc3)ccc21. The number of nitrogens with two attached hydrogens (primary N) is 1. The van der Waals surface area contributed by atoms with Gasteiger partial charge in [0.05, 0.1) is 5.52 Å². The van der Waals surface area contributed by atoms with Crippen LogP contribution in [0.15, 0.2) is 102 Å². The Bertz CT molecular complexity index is 2010. The number of aromatic nitrogens is 3. The van der Waals surface area contributed by atoms with E-state index >= 15 is 0 Å². The number of ether oxygens (including phenoxy) is 2. The molecule has 0 atom stereocenters. The van der Waals surface area contributed by atoms with Gasteiger partial charge in [0.1, 0.15) is 24.4 Å². The maximum absolute atomic E-state index is 13.5. The summed E-state index contributed by atoms with van der Waals surface area (Å²) in [5.74, 6) is 0.361.